The average Bonchev–Trinajstić information content (AvgIpc) is 2.97. The second kappa shape index (κ2) is 6.27. The zero-order valence-electron chi connectivity index (χ0n) is 12.1. The number of imide groups is 1. The van der Waals surface area contributed by atoms with Gasteiger partial charge in [0.05, 0.1) is 11.3 Å². The molecule has 1 N–H and O–H groups in total. The number of halogens is 3. The van der Waals surface area contributed by atoms with Crippen molar-refractivity contribution < 1.29 is 22.8 Å². The van der Waals surface area contributed by atoms with Gasteiger partial charge >= 0.3 is 12.2 Å². The van der Waals surface area contributed by atoms with E-state index in [4.69, 9.17) is 0 Å². The summed E-state index contributed by atoms with van der Waals surface area (Å²) in [6.45, 7) is 0.612. The van der Waals surface area contributed by atoms with Crippen LogP contribution in [0.15, 0.2) is 29.3 Å². The predicted octanol–water partition coefficient (Wildman–Crippen LogP) is 2.29. The van der Waals surface area contributed by atoms with Gasteiger partial charge in [0.2, 0.25) is 11.7 Å². The summed E-state index contributed by atoms with van der Waals surface area (Å²) in [6.07, 6.45) is -4.68. The third kappa shape index (κ3) is 3.28. The number of amides is 3. The van der Waals surface area contributed by atoms with Crippen molar-refractivity contribution in [1.29, 1.82) is 0 Å². The molecule has 0 atom stereocenters. The lowest BCUT2D eigenvalue weighted by atomic mass is 10.2. The van der Waals surface area contributed by atoms with Crippen molar-refractivity contribution in [3.05, 3.63) is 30.1 Å². The predicted molar refractivity (Wildman–Crippen MR) is 80.4 cm³/mol. The number of benzene rings is 1. The van der Waals surface area contributed by atoms with E-state index in [1.807, 2.05) is 0 Å². The van der Waals surface area contributed by atoms with E-state index in [9.17, 15) is 22.8 Å². The first-order valence-corrected chi connectivity index (χ1v) is 7.90. The fraction of sp³-hybridized carbons (Fsp3) is 0.286. The Morgan fingerprint density at radius 3 is 2.71 bits per heavy atom. The Kier molecular flexibility index (Phi) is 4.31. The van der Waals surface area contributed by atoms with E-state index in [0.29, 0.717) is 11.9 Å². The number of carbonyl (C=O) groups is 2. The highest BCUT2D eigenvalue weighted by molar-refractivity contribution is 8.00. The van der Waals surface area contributed by atoms with Crippen molar-refractivity contribution in [2.75, 3.05) is 18.8 Å². The number of alkyl halides is 3. The standard InChI is InChI=1S/C14H11F3N4O2S/c15-14(16,17)12-19-9-4-2-1-3-8(9)11(20-12)24-7-10(22)21-6-5-18-13(21)23/h1-4H,5-7H2,(H,18,23). The van der Waals surface area contributed by atoms with Crippen LogP contribution in [0.25, 0.3) is 10.9 Å². The van der Waals surface area contributed by atoms with Gasteiger partial charge in [0.15, 0.2) is 0 Å². The van der Waals surface area contributed by atoms with Crippen LogP contribution < -0.4 is 5.32 Å². The van der Waals surface area contributed by atoms with E-state index in [1.165, 1.54) is 6.07 Å². The maximum absolute atomic E-state index is 12.9. The lowest BCUT2D eigenvalue weighted by molar-refractivity contribution is -0.145. The summed E-state index contributed by atoms with van der Waals surface area (Å²) >= 11 is 0.855. The zero-order chi connectivity index (χ0) is 17.3. The molecule has 6 nitrogen and oxygen atoms in total. The molecule has 2 heterocycles. The summed E-state index contributed by atoms with van der Waals surface area (Å²) in [5.41, 5.74) is 0.147. The molecule has 1 aromatic heterocycles. The molecule has 0 spiro atoms. The van der Waals surface area contributed by atoms with E-state index in [-0.39, 0.29) is 22.8 Å². The lowest BCUT2D eigenvalue weighted by Crippen LogP contribution is -2.35. The van der Waals surface area contributed by atoms with Gasteiger partial charge in [-0.2, -0.15) is 13.2 Å². The maximum Gasteiger partial charge on any atom is 0.451 e. The summed E-state index contributed by atoms with van der Waals surface area (Å²) in [7, 11) is 0. The number of carbonyl (C=O) groups excluding carboxylic acids is 2. The summed E-state index contributed by atoms with van der Waals surface area (Å²) < 4.78 is 38.8. The van der Waals surface area contributed by atoms with E-state index in [2.05, 4.69) is 15.3 Å². The first-order valence-electron chi connectivity index (χ1n) is 6.91. The highest BCUT2D eigenvalue weighted by Gasteiger charge is 2.35. The van der Waals surface area contributed by atoms with Crippen molar-refractivity contribution in [2.45, 2.75) is 11.2 Å². The number of thioether (sulfide) groups is 1. The summed E-state index contributed by atoms with van der Waals surface area (Å²) in [5.74, 6) is -1.92. The van der Waals surface area contributed by atoms with Crippen LogP contribution in [-0.2, 0) is 11.0 Å². The highest BCUT2D eigenvalue weighted by atomic mass is 32.2. The average molecular weight is 356 g/mol. The fourth-order valence-electron chi connectivity index (χ4n) is 2.20. The monoisotopic (exact) mass is 356 g/mol. The minimum Gasteiger partial charge on any atom is -0.336 e. The molecule has 3 amide bonds. The van der Waals surface area contributed by atoms with E-state index in [0.717, 1.165) is 16.7 Å². The number of hydrogen-bond donors (Lipinski definition) is 1. The largest absolute Gasteiger partial charge is 0.451 e. The van der Waals surface area contributed by atoms with Crippen LogP contribution in [0.3, 0.4) is 0 Å². The Hall–Kier alpha value is -2.36. The fourth-order valence-corrected chi connectivity index (χ4v) is 3.10. The highest BCUT2D eigenvalue weighted by Crippen LogP contribution is 2.32. The van der Waals surface area contributed by atoms with Gasteiger partial charge in [-0.3, -0.25) is 9.69 Å². The van der Waals surface area contributed by atoms with E-state index >= 15 is 0 Å². The van der Waals surface area contributed by atoms with Crippen LogP contribution in [0, 0.1) is 0 Å². The smallest absolute Gasteiger partial charge is 0.336 e. The van der Waals surface area contributed by atoms with Crippen molar-refractivity contribution in [2.24, 2.45) is 0 Å². The van der Waals surface area contributed by atoms with Crippen molar-refractivity contribution in [3.63, 3.8) is 0 Å². The normalized spacial score (nSPS) is 15.0. The number of para-hydroxylation sites is 1. The third-order valence-electron chi connectivity index (χ3n) is 3.31. The summed E-state index contributed by atoms with van der Waals surface area (Å²) in [6, 6.07) is 5.77. The topological polar surface area (TPSA) is 75.2 Å². The van der Waals surface area contributed by atoms with Gasteiger partial charge in [-0.25, -0.2) is 14.8 Å². The molecule has 0 bridgehead atoms. The van der Waals surface area contributed by atoms with Crippen molar-refractivity contribution in [3.8, 4) is 0 Å². The molecule has 2 aromatic rings. The molecule has 3 rings (SSSR count). The van der Waals surface area contributed by atoms with Crippen LogP contribution in [0.2, 0.25) is 0 Å². The lowest BCUT2D eigenvalue weighted by Gasteiger charge is -2.13. The van der Waals surface area contributed by atoms with Crippen LogP contribution in [-0.4, -0.2) is 45.6 Å². The Bertz CT molecular complexity index is 812. The van der Waals surface area contributed by atoms with Gasteiger partial charge in [0.25, 0.3) is 0 Å². The van der Waals surface area contributed by atoms with Gasteiger partial charge in [-0.15, -0.1) is 0 Å². The molecule has 1 aromatic carbocycles. The second-order valence-electron chi connectivity index (χ2n) is 4.93. The minimum absolute atomic E-state index is 0.0564. The molecular weight excluding hydrogens is 345 g/mol. The molecule has 126 valence electrons. The number of hydrogen-bond acceptors (Lipinski definition) is 5. The van der Waals surface area contributed by atoms with Gasteiger partial charge in [0.1, 0.15) is 5.03 Å². The zero-order valence-corrected chi connectivity index (χ0v) is 12.9. The van der Waals surface area contributed by atoms with E-state index < -0.39 is 23.9 Å². The van der Waals surface area contributed by atoms with Gasteiger partial charge in [-0.1, -0.05) is 30.0 Å². The molecule has 1 aliphatic rings. The van der Waals surface area contributed by atoms with Gasteiger partial charge < -0.3 is 5.32 Å². The van der Waals surface area contributed by atoms with Crippen molar-refractivity contribution in [1.82, 2.24) is 20.2 Å². The molecule has 10 heteroatoms. The van der Waals surface area contributed by atoms with Crippen LogP contribution >= 0.6 is 11.8 Å². The van der Waals surface area contributed by atoms with Crippen LogP contribution in [0.5, 0.6) is 0 Å². The SMILES string of the molecule is O=C(CSc1nc(C(F)(F)F)nc2ccccc12)N1CCNC1=O. The maximum atomic E-state index is 12.9. The Labute approximate surface area is 138 Å². The first kappa shape index (κ1) is 16.5. The van der Waals surface area contributed by atoms with Crippen LogP contribution in [0.4, 0.5) is 18.0 Å². The number of nitrogens with zero attached hydrogens (tertiary/aromatic N) is 3. The Morgan fingerprint density at radius 2 is 2.04 bits per heavy atom. The number of nitrogens with one attached hydrogen (secondary N) is 1. The first-order chi connectivity index (χ1) is 11.4. The van der Waals surface area contributed by atoms with Gasteiger partial charge in [-0.05, 0) is 6.07 Å². The molecule has 24 heavy (non-hydrogen) atoms. The van der Waals surface area contributed by atoms with Crippen molar-refractivity contribution >= 4 is 34.6 Å². The molecule has 0 aliphatic carbocycles. The molecule has 1 saturated heterocycles. The quantitative estimate of drug-likeness (QED) is 0.675. The minimum atomic E-state index is -4.68. The second-order valence-corrected chi connectivity index (χ2v) is 5.90. The molecule has 1 fully saturated rings. The number of fused-ring (bicyclic) bond motifs is 1. The molecular formula is C14H11F3N4O2S. The molecule has 0 unspecified atom stereocenters. The summed E-state index contributed by atoms with van der Waals surface area (Å²) in [4.78, 5) is 31.5. The Morgan fingerprint density at radius 1 is 1.29 bits per heavy atom. The Balaban J connectivity index is 1.88. The van der Waals surface area contributed by atoms with Gasteiger partial charge in [0, 0.05) is 18.5 Å². The van der Waals surface area contributed by atoms with E-state index in [1.54, 1.807) is 18.2 Å². The number of urea groups is 1. The van der Waals surface area contributed by atoms with Crippen LogP contribution in [0.1, 0.15) is 5.82 Å². The molecule has 0 saturated carbocycles. The molecule has 1 aliphatic heterocycles. The molecule has 0 radical (unpaired) electrons. The number of aromatic nitrogens is 2. The summed E-state index contributed by atoms with van der Waals surface area (Å²) in [5, 5.41) is 2.97. The number of rotatable bonds is 3. The third-order valence-corrected chi connectivity index (χ3v) is 4.29.